The summed E-state index contributed by atoms with van der Waals surface area (Å²) in [6.07, 6.45) is 2.44. The summed E-state index contributed by atoms with van der Waals surface area (Å²) >= 11 is 6.51. The number of nitrogens with zero attached hydrogens (tertiary/aromatic N) is 2. The molecule has 1 aromatic heterocycles. The average Bonchev–Trinajstić information content (AvgIpc) is 3.23. The Morgan fingerprint density at radius 1 is 1.25 bits per heavy atom. The first-order valence-electron chi connectivity index (χ1n) is 6.19. The third-order valence-corrected chi connectivity index (χ3v) is 4.23. The first kappa shape index (κ1) is 13.7. The minimum atomic E-state index is -0.00354. The molecule has 1 heterocycles. The molecule has 2 aromatic rings. The Morgan fingerprint density at radius 2 is 2.00 bits per heavy atom. The molecule has 2 unspecified atom stereocenters. The van der Waals surface area contributed by atoms with Crippen molar-refractivity contribution in [1.82, 2.24) is 9.97 Å². The number of hydrogen-bond donors (Lipinski definition) is 1. The van der Waals surface area contributed by atoms with Crippen molar-refractivity contribution in [2.24, 2.45) is 5.92 Å². The molecule has 0 spiro atoms. The maximum atomic E-state index is 12.2. The summed E-state index contributed by atoms with van der Waals surface area (Å²) in [5.41, 5.74) is 1.22. The second kappa shape index (κ2) is 5.61. The van der Waals surface area contributed by atoms with Gasteiger partial charge in [0, 0.05) is 5.92 Å². The Kier molecular flexibility index (Phi) is 3.85. The second-order valence-electron chi connectivity index (χ2n) is 4.68. The van der Waals surface area contributed by atoms with Crippen LogP contribution in [-0.4, -0.2) is 15.9 Å². The number of halogens is 2. The highest BCUT2D eigenvalue weighted by Gasteiger charge is 2.44. The van der Waals surface area contributed by atoms with Gasteiger partial charge in [-0.05, 0) is 49.8 Å². The molecule has 1 saturated carbocycles. The zero-order valence-corrected chi connectivity index (χ0v) is 13.6. The number of carbonyl (C=O) groups is 1. The average molecular weight is 397 g/mol. The van der Waals surface area contributed by atoms with Crippen LogP contribution in [0.25, 0.3) is 0 Å². The van der Waals surface area contributed by atoms with Gasteiger partial charge in [0.15, 0.2) is 5.82 Å². The van der Waals surface area contributed by atoms with E-state index in [0.29, 0.717) is 20.9 Å². The predicted octanol–water partition coefficient (Wildman–Crippen LogP) is 3.74. The van der Waals surface area contributed by atoms with E-state index in [0.717, 1.165) is 6.42 Å². The number of aromatic nitrogens is 2. The molecule has 102 valence electrons. The van der Waals surface area contributed by atoms with E-state index in [4.69, 9.17) is 0 Å². The molecule has 2 atom stereocenters. The van der Waals surface area contributed by atoms with Crippen LogP contribution in [0.2, 0.25) is 0 Å². The third-order valence-electron chi connectivity index (χ3n) is 3.30. The van der Waals surface area contributed by atoms with Crippen molar-refractivity contribution in [2.45, 2.75) is 12.3 Å². The van der Waals surface area contributed by atoms with Gasteiger partial charge in [-0.25, -0.2) is 9.97 Å². The van der Waals surface area contributed by atoms with Crippen LogP contribution in [-0.2, 0) is 4.79 Å². The lowest BCUT2D eigenvalue weighted by Gasteiger charge is -2.05. The largest absolute Gasteiger partial charge is 0.308 e. The standard InChI is InChI=1S/C14H11Br2N3O/c15-11-7-17-13(12(16)18-11)19-14(20)10-6-9(10)8-4-2-1-3-5-8/h1-5,7,9-10H,6H2,(H,17,19,20). The minimum absolute atomic E-state index is 0.00354. The highest BCUT2D eigenvalue weighted by Crippen LogP contribution is 2.47. The van der Waals surface area contributed by atoms with E-state index >= 15 is 0 Å². The molecule has 0 bridgehead atoms. The molecule has 1 N–H and O–H groups in total. The van der Waals surface area contributed by atoms with Gasteiger partial charge in [0.25, 0.3) is 0 Å². The van der Waals surface area contributed by atoms with Crippen molar-refractivity contribution in [3.63, 3.8) is 0 Å². The van der Waals surface area contributed by atoms with Gasteiger partial charge in [-0.2, -0.15) is 0 Å². The van der Waals surface area contributed by atoms with E-state index in [9.17, 15) is 4.79 Å². The zero-order valence-electron chi connectivity index (χ0n) is 10.4. The summed E-state index contributed by atoms with van der Waals surface area (Å²) < 4.78 is 1.15. The summed E-state index contributed by atoms with van der Waals surface area (Å²) in [5, 5.41) is 2.82. The van der Waals surface area contributed by atoms with Crippen LogP contribution in [0.1, 0.15) is 17.9 Å². The fraction of sp³-hybridized carbons (Fsp3) is 0.214. The molecule has 1 aromatic carbocycles. The summed E-state index contributed by atoms with van der Waals surface area (Å²) in [4.78, 5) is 20.5. The monoisotopic (exact) mass is 395 g/mol. The van der Waals surface area contributed by atoms with Crippen molar-refractivity contribution in [3.05, 3.63) is 51.3 Å². The Balaban J connectivity index is 1.67. The minimum Gasteiger partial charge on any atom is -0.308 e. The molecular formula is C14H11Br2N3O. The van der Waals surface area contributed by atoms with E-state index in [1.54, 1.807) is 6.20 Å². The van der Waals surface area contributed by atoms with Gasteiger partial charge in [0.05, 0.1) is 6.20 Å². The Morgan fingerprint density at radius 3 is 2.70 bits per heavy atom. The van der Waals surface area contributed by atoms with Gasteiger partial charge in [0.2, 0.25) is 5.91 Å². The number of nitrogens with one attached hydrogen (secondary N) is 1. The van der Waals surface area contributed by atoms with Crippen molar-refractivity contribution in [1.29, 1.82) is 0 Å². The van der Waals surface area contributed by atoms with Gasteiger partial charge < -0.3 is 5.32 Å². The summed E-state index contributed by atoms with van der Waals surface area (Å²) in [6.45, 7) is 0. The molecule has 0 saturated heterocycles. The molecule has 1 fully saturated rings. The van der Waals surface area contributed by atoms with Crippen molar-refractivity contribution in [2.75, 3.05) is 5.32 Å². The van der Waals surface area contributed by atoms with Gasteiger partial charge in [-0.1, -0.05) is 30.3 Å². The van der Waals surface area contributed by atoms with Gasteiger partial charge in [-0.3, -0.25) is 4.79 Å². The van der Waals surface area contributed by atoms with E-state index in [-0.39, 0.29) is 11.8 Å². The maximum Gasteiger partial charge on any atom is 0.229 e. The van der Waals surface area contributed by atoms with Gasteiger partial charge >= 0.3 is 0 Å². The van der Waals surface area contributed by atoms with Crippen molar-refractivity contribution >= 4 is 43.6 Å². The van der Waals surface area contributed by atoms with E-state index in [1.165, 1.54) is 5.56 Å². The SMILES string of the molecule is O=C(Nc1ncc(Br)nc1Br)C1CC1c1ccccc1. The first-order chi connectivity index (χ1) is 9.65. The molecule has 1 aliphatic carbocycles. The molecule has 20 heavy (non-hydrogen) atoms. The number of rotatable bonds is 3. The number of benzene rings is 1. The molecule has 1 aliphatic rings. The summed E-state index contributed by atoms with van der Waals surface area (Å²) in [5.74, 6) is 0.793. The van der Waals surface area contributed by atoms with Crippen molar-refractivity contribution in [3.8, 4) is 0 Å². The van der Waals surface area contributed by atoms with Crippen LogP contribution in [0.5, 0.6) is 0 Å². The molecule has 4 nitrogen and oxygen atoms in total. The van der Waals surface area contributed by atoms with Gasteiger partial charge in [-0.15, -0.1) is 0 Å². The van der Waals surface area contributed by atoms with Gasteiger partial charge in [0.1, 0.15) is 9.21 Å². The quantitative estimate of drug-likeness (QED) is 0.859. The van der Waals surface area contributed by atoms with E-state index in [1.807, 2.05) is 18.2 Å². The fourth-order valence-electron chi connectivity index (χ4n) is 2.19. The Hall–Kier alpha value is -1.27. The molecular weight excluding hydrogens is 386 g/mol. The fourth-order valence-corrected chi connectivity index (χ4v) is 3.10. The summed E-state index contributed by atoms with van der Waals surface area (Å²) in [6, 6.07) is 10.1. The number of carbonyl (C=O) groups excluding carboxylic acids is 1. The lowest BCUT2D eigenvalue weighted by Crippen LogP contribution is -2.16. The molecule has 3 rings (SSSR count). The van der Waals surface area contributed by atoms with E-state index < -0.39 is 0 Å². The van der Waals surface area contributed by atoms with Crippen LogP contribution < -0.4 is 5.32 Å². The molecule has 0 aliphatic heterocycles. The topological polar surface area (TPSA) is 54.9 Å². The van der Waals surface area contributed by atoms with Crippen LogP contribution in [0, 0.1) is 5.92 Å². The van der Waals surface area contributed by atoms with Crippen LogP contribution in [0.4, 0.5) is 5.82 Å². The zero-order chi connectivity index (χ0) is 14.1. The molecule has 1 amide bonds. The normalized spacial score (nSPS) is 20.5. The number of anilines is 1. The Labute approximate surface area is 133 Å². The third kappa shape index (κ3) is 2.91. The highest BCUT2D eigenvalue weighted by molar-refractivity contribution is 9.11. The van der Waals surface area contributed by atoms with E-state index in [2.05, 4.69) is 59.3 Å². The highest BCUT2D eigenvalue weighted by atomic mass is 79.9. The number of amides is 1. The Bertz CT molecular complexity index is 648. The lowest BCUT2D eigenvalue weighted by atomic mass is 10.1. The molecule has 6 heteroatoms. The predicted molar refractivity (Wildman–Crippen MR) is 83.4 cm³/mol. The van der Waals surface area contributed by atoms with Crippen LogP contribution in [0.15, 0.2) is 45.7 Å². The summed E-state index contributed by atoms with van der Waals surface area (Å²) in [7, 11) is 0. The first-order valence-corrected chi connectivity index (χ1v) is 7.77. The second-order valence-corrected chi connectivity index (χ2v) is 6.24. The lowest BCUT2D eigenvalue weighted by molar-refractivity contribution is -0.117. The van der Waals surface area contributed by atoms with Crippen LogP contribution >= 0.6 is 31.9 Å². The number of hydrogen-bond acceptors (Lipinski definition) is 3. The molecule has 0 radical (unpaired) electrons. The van der Waals surface area contributed by atoms with Crippen LogP contribution in [0.3, 0.4) is 0 Å². The smallest absolute Gasteiger partial charge is 0.229 e. The van der Waals surface area contributed by atoms with Crippen molar-refractivity contribution < 1.29 is 4.79 Å². The maximum absolute atomic E-state index is 12.2.